The van der Waals surface area contributed by atoms with Crippen molar-refractivity contribution in [3.63, 3.8) is 0 Å². The molecular formula is C22H28N4O2. The molecule has 2 N–H and O–H groups in total. The van der Waals surface area contributed by atoms with E-state index in [2.05, 4.69) is 27.8 Å². The van der Waals surface area contributed by atoms with Crippen molar-refractivity contribution in [3.8, 4) is 5.75 Å². The fourth-order valence-corrected chi connectivity index (χ4v) is 3.33. The van der Waals surface area contributed by atoms with Crippen molar-refractivity contribution in [2.24, 2.45) is 4.99 Å². The molecule has 2 aromatic carbocycles. The molecule has 0 atom stereocenters. The third kappa shape index (κ3) is 5.25. The van der Waals surface area contributed by atoms with E-state index in [0.717, 1.165) is 30.2 Å². The number of benzene rings is 2. The Labute approximate surface area is 166 Å². The van der Waals surface area contributed by atoms with E-state index in [1.54, 1.807) is 14.2 Å². The van der Waals surface area contributed by atoms with Crippen molar-refractivity contribution >= 4 is 11.9 Å². The van der Waals surface area contributed by atoms with Crippen LogP contribution in [0.1, 0.15) is 29.5 Å². The van der Waals surface area contributed by atoms with Crippen LogP contribution in [0, 0.1) is 0 Å². The molecule has 1 aliphatic heterocycles. The first-order chi connectivity index (χ1) is 13.7. The maximum atomic E-state index is 11.9. The van der Waals surface area contributed by atoms with E-state index in [9.17, 15) is 4.79 Å². The summed E-state index contributed by atoms with van der Waals surface area (Å²) >= 11 is 0. The molecular weight excluding hydrogens is 352 g/mol. The van der Waals surface area contributed by atoms with Crippen LogP contribution < -0.4 is 15.4 Å². The van der Waals surface area contributed by atoms with Crippen LogP contribution in [0.5, 0.6) is 5.75 Å². The maximum Gasteiger partial charge on any atom is 0.222 e. The van der Waals surface area contributed by atoms with Crippen molar-refractivity contribution in [3.05, 3.63) is 65.2 Å². The van der Waals surface area contributed by atoms with Gasteiger partial charge in [0.1, 0.15) is 5.75 Å². The van der Waals surface area contributed by atoms with Gasteiger partial charge in [0.15, 0.2) is 5.96 Å². The van der Waals surface area contributed by atoms with E-state index in [4.69, 9.17) is 4.74 Å². The molecule has 1 aliphatic rings. The minimum absolute atomic E-state index is 0.249. The molecule has 0 aromatic heterocycles. The fourth-order valence-electron chi connectivity index (χ4n) is 3.33. The molecule has 28 heavy (non-hydrogen) atoms. The number of methoxy groups -OCH3 is 1. The van der Waals surface area contributed by atoms with Crippen molar-refractivity contribution < 1.29 is 9.53 Å². The summed E-state index contributed by atoms with van der Waals surface area (Å²) in [7, 11) is 3.43. The lowest BCUT2D eigenvalue weighted by Crippen LogP contribution is -2.36. The first-order valence-electron chi connectivity index (χ1n) is 9.61. The van der Waals surface area contributed by atoms with Gasteiger partial charge in [0.2, 0.25) is 5.91 Å². The Hall–Kier alpha value is -3.02. The largest absolute Gasteiger partial charge is 0.497 e. The van der Waals surface area contributed by atoms with Gasteiger partial charge < -0.3 is 20.3 Å². The van der Waals surface area contributed by atoms with Gasteiger partial charge in [-0.3, -0.25) is 9.79 Å². The van der Waals surface area contributed by atoms with Gasteiger partial charge >= 0.3 is 0 Å². The predicted molar refractivity (Wildman–Crippen MR) is 111 cm³/mol. The number of hydrogen-bond donors (Lipinski definition) is 2. The number of carbonyl (C=O) groups is 1. The molecule has 1 amide bonds. The highest BCUT2D eigenvalue weighted by Gasteiger charge is 2.20. The summed E-state index contributed by atoms with van der Waals surface area (Å²) in [5, 5.41) is 6.69. The Kier molecular flexibility index (Phi) is 6.89. The van der Waals surface area contributed by atoms with Crippen molar-refractivity contribution in [2.75, 3.05) is 20.7 Å². The van der Waals surface area contributed by atoms with Crippen LogP contribution >= 0.6 is 0 Å². The van der Waals surface area contributed by atoms with Gasteiger partial charge in [-0.15, -0.1) is 0 Å². The van der Waals surface area contributed by atoms with E-state index in [1.165, 1.54) is 11.1 Å². The number of ether oxygens (including phenoxy) is 1. The molecule has 3 rings (SSSR count). The normalized spacial score (nSPS) is 14.3. The molecule has 0 spiro atoms. The lowest BCUT2D eigenvalue weighted by atomic mass is 10.1. The molecule has 0 saturated carbocycles. The Morgan fingerprint density at radius 3 is 2.61 bits per heavy atom. The third-order valence-corrected chi connectivity index (χ3v) is 4.91. The average molecular weight is 380 g/mol. The third-order valence-electron chi connectivity index (χ3n) is 4.91. The second-order valence-electron chi connectivity index (χ2n) is 6.82. The lowest BCUT2D eigenvalue weighted by Gasteiger charge is -2.19. The van der Waals surface area contributed by atoms with Crippen LogP contribution in [0.25, 0.3) is 0 Å². The minimum atomic E-state index is 0.249. The number of aliphatic imine (C=N–C) groups is 1. The predicted octanol–water partition coefficient (Wildman–Crippen LogP) is 2.68. The summed E-state index contributed by atoms with van der Waals surface area (Å²) in [6.45, 7) is 2.83. The van der Waals surface area contributed by atoms with Crippen LogP contribution in [-0.4, -0.2) is 37.5 Å². The number of carbonyl (C=O) groups excluding carboxylic acids is 1. The summed E-state index contributed by atoms with van der Waals surface area (Å²) < 4.78 is 5.27. The second kappa shape index (κ2) is 9.78. The molecule has 2 aromatic rings. The van der Waals surface area contributed by atoms with Crippen LogP contribution in [0.15, 0.2) is 53.5 Å². The highest BCUT2D eigenvalue weighted by molar-refractivity contribution is 5.79. The smallest absolute Gasteiger partial charge is 0.222 e. The minimum Gasteiger partial charge on any atom is -0.497 e. The monoisotopic (exact) mass is 380 g/mol. The van der Waals surface area contributed by atoms with Gasteiger partial charge in [-0.25, -0.2) is 0 Å². The first-order valence-corrected chi connectivity index (χ1v) is 9.61. The molecule has 1 saturated heterocycles. The van der Waals surface area contributed by atoms with E-state index in [1.807, 2.05) is 41.3 Å². The van der Waals surface area contributed by atoms with Crippen molar-refractivity contribution in [1.29, 1.82) is 0 Å². The number of amides is 1. The van der Waals surface area contributed by atoms with Gasteiger partial charge in [0.25, 0.3) is 0 Å². The van der Waals surface area contributed by atoms with E-state index in [-0.39, 0.29) is 5.91 Å². The summed E-state index contributed by atoms with van der Waals surface area (Å²) in [6, 6.07) is 16.2. The first kappa shape index (κ1) is 19.7. The molecule has 0 bridgehead atoms. The Morgan fingerprint density at radius 1 is 1.11 bits per heavy atom. The van der Waals surface area contributed by atoms with E-state index >= 15 is 0 Å². The molecule has 6 nitrogen and oxygen atoms in total. The van der Waals surface area contributed by atoms with Crippen LogP contribution in [-0.2, 0) is 24.4 Å². The summed E-state index contributed by atoms with van der Waals surface area (Å²) in [6.07, 6.45) is 1.63. The average Bonchev–Trinajstić information content (AvgIpc) is 3.14. The standard InChI is InChI=1S/C22H28N4O2/c1-23-22(24-14-17-7-5-10-20(13-17)28-2)25-15-18-8-3-4-9-19(18)16-26-12-6-11-21(26)27/h3-5,7-10,13H,6,11-12,14-16H2,1-2H3,(H2,23,24,25). The zero-order chi connectivity index (χ0) is 19.8. The SMILES string of the molecule is CN=C(NCc1cccc(OC)c1)NCc1ccccc1CN1CCCC1=O. The molecule has 1 fully saturated rings. The molecule has 0 unspecified atom stereocenters. The van der Waals surface area contributed by atoms with Crippen LogP contribution in [0.2, 0.25) is 0 Å². The van der Waals surface area contributed by atoms with Gasteiger partial charge in [-0.05, 0) is 35.2 Å². The van der Waals surface area contributed by atoms with Gasteiger partial charge in [-0.2, -0.15) is 0 Å². The highest BCUT2D eigenvalue weighted by atomic mass is 16.5. The molecule has 148 valence electrons. The summed E-state index contributed by atoms with van der Waals surface area (Å²) in [5.41, 5.74) is 3.47. The number of hydrogen-bond acceptors (Lipinski definition) is 3. The zero-order valence-electron chi connectivity index (χ0n) is 16.6. The van der Waals surface area contributed by atoms with Crippen molar-refractivity contribution in [1.82, 2.24) is 15.5 Å². The number of nitrogens with zero attached hydrogens (tertiary/aromatic N) is 2. The zero-order valence-corrected chi connectivity index (χ0v) is 16.6. The van der Waals surface area contributed by atoms with Gasteiger partial charge in [0, 0.05) is 39.6 Å². The quantitative estimate of drug-likeness (QED) is 0.573. The van der Waals surface area contributed by atoms with Crippen LogP contribution in [0.4, 0.5) is 0 Å². The molecule has 1 heterocycles. The highest BCUT2D eigenvalue weighted by Crippen LogP contribution is 2.17. The topological polar surface area (TPSA) is 66.0 Å². The maximum absolute atomic E-state index is 11.9. The Balaban J connectivity index is 1.57. The molecule has 0 aliphatic carbocycles. The van der Waals surface area contributed by atoms with E-state index in [0.29, 0.717) is 26.1 Å². The molecule has 0 radical (unpaired) electrons. The Morgan fingerprint density at radius 2 is 1.89 bits per heavy atom. The number of rotatable bonds is 7. The lowest BCUT2D eigenvalue weighted by molar-refractivity contribution is -0.128. The number of guanidine groups is 1. The van der Waals surface area contributed by atoms with Crippen LogP contribution in [0.3, 0.4) is 0 Å². The Bertz CT molecular complexity index is 835. The number of likely N-dealkylation sites (tertiary alicyclic amines) is 1. The second-order valence-corrected chi connectivity index (χ2v) is 6.82. The van der Waals surface area contributed by atoms with Gasteiger partial charge in [0.05, 0.1) is 7.11 Å². The summed E-state index contributed by atoms with van der Waals surface area (Å²) in [5.74, 6) is 1.82. The van der Waals surface area contributed by atoms with Crippen molar-refractivity contribution in [2.45, 2.75) is 32.5 Å². The molecule has 6 heteroatoms. The van der Waals surface area contributed by atoms with Gasteiger partial charge in [-0.1, -0.05) is 36.4 Å². The number of nitrogens with one attached hydrogen (secondary N) is 2. The summed E-state index contributed by atoms with van der Waals surface area (Å²) in [4.78, 5) is 18.2. The van der Waals surface area contributed by atoms with E-state index < -0.39 is 0 Å². The fraction of sp³-hybridized carbons (Fsp3) is 0.364.